The summed E-state index contributed by atoms with van der Waals surface area (Å²) in [5.74, 6) is -1.21. The summed E-state index contributed by atoms with van der Waals surface area (Å²) < 4.78 is 1.52. The van der Waals surface area contributed by atoms with Crippen molar-refractivity contribution in [1.29, 1.82) is 0 Å². The maximum absolute atomic E-state index is 11.1. The lowest BCUT2D eigenvalue weighted by atomic mass is 10.1. The van der Waals surface area contributed by atoms with Crippen LogP contribution in [0.15, 0.2) is 18.2 Å². The summed E-state index contributed by atoms with van der Waals surface area (Å²) in [6.07, 6.45) is 0. The van der Waals surface area contributed by atoms with Gasteiger partial charge in [-0.1, -0.05) is 0 Å². The van der Waals surface area contributed by atoms with Gasteiger partial charge in [0.2, 0.25) is 0 Å². The van der Waals surface area contributed by atoms with Gasteiger partial charge in [0.15, 0.2) is 0 Å². The zero-order valence-electron chi connectivity index (χ0n) is 11.2. The van der Waals surface area contributed by atoms with Crippen molar-refractivity contribution in [3.8, 4) is 5.69 Å². The number of nitro benzene ring substituents is 1. The molecule has 104 valence electrons. The molecule has 2 aromatic rings. The normalized spacial score (nSPS) is 10.6. The van der Waals surface area contributed by atoms with Crippen molar-refractivity contribution >= 4 is 11.7 Å². The molecule has 0 unspecified atom stereocenters. The second kappa shape index (κ2) is 4.76. The van der Waals surface area contributed by atoms with E-state index in [0.29, 0.717) is 11.3 Å². The Labute approximate surface area is 114 Å². The monoisotopic (exact) mass is 275 g/mol. The average Bonchev–Trinajstić information content (AvgIpc) is 2.67. The van der Waals surface area contributed by atoms with E-state index in [2.05, 4.69) is 5.10 Å². The highest BCUT2D eigenvalue weighted by Gasteiger charge is 2.21. The minimum absolute atomic E-state index is 0.134. The second-order valence-corrected chi connectivity index (χ2v) is 4.54. The number of hydrogen-bond acceptors (Lipinski definition) is 4. The molecule has 0 aliphatic heterocycles. The number of nitrogens with zero attached hydrogens (tertiary/aromatic N) is 3. The molecule has 0 amide bonds. The van der Waals surface area contributed by atoms with Gasteiger partial charge in [-0.2, -0.15) is 5.10 Å². The lowest BCUT2D eigenvalue weighted by Gasteiger charge is -2.10. The first-order valence-electron chi connectivity index (χ1n) is 5.87. The van der Waals surface area contributed by atoms with E-state index in [4.69, 9.17) is 5.11 Å². The van der Waals surface area contributed by atoms with Gasteiger partial charge in [0, 0.05) is 11.8 Å². The van der Waals surface area contributed by atoms with Crippen LogP contribution in [0.2, 0.25) is 0 Å². The van der Waals surface area contributed by atoms with Crippen LogP contribution in [0.3, 0.4) is 0 Å². The van der Waals surface area contributed by atoms with Crippen LogP contribution in [0.25, 0.3) is 5.69 Å². The number of nitro groups is 1. The molecular weight excluding hydrogens is 262 g/mol. The Balaban J connectivity index is 2.78. The van der Waals surface area contributed by atoms with Crippen molar-refractivity contribution in [2.75, 3.05) is 0 Å². The number of rotatable bonds is 3. The van der Waals surface area contributed by atoms with Crippen LogP contribution in [-0.2, 0) is 0 Å². The number of carbonyl (C=O) groups is 1. The van der Waals surface area contributed by atoms with Crippen molar-refractivity contribution in [3.05, 3.63) is 50.8 Å². The third-order valence-corrected chi connectivity index (χ3v) is 3.03. The van der Waals surface area contributed by atoms with Gasteiger partial charge < -0.3 is 5.11 Å². The maximum atomic E-state index is 11.1. The third-order valence-electron chi connectivity index (χ3n) is 3.03. The maximum Gasteiger partial charge on any atom is 0.336 e. The van der Waals surface area contributed by atoms with Gasteiger partial charge in [0.25, 0.3) is 5.69 Å². The molecule has 1 N–H and O–H groups in total. The van der Waals surface area contributed by atoms with Gasteiger partial charge in [-0.25, -0.2) is 9.48 Å². The molecule has 7 nitrogen and oxygen atoms in total. The highest BCUT2D eigenvalue weighted by atomic mass is 16.6. The van der Waals surface area contributed by atoms with Crippen LogP contribution in [0.4, 0.5) is 5.69 Å². The minimum Gasteiger partial charge on any atom is -0.478 e. The predicted molar refractivity (Wildman–Crippen MR) is 71.4 cm³/mol. The molecule has 0 aliphatic rings. The van der Waals surface area contributed by atoms with Gasteiger partial charge in [0.05, 0.1) is 27.4 Å². The van der Waals surface area contributed by atoms with Crippen LogP contribution in [0.1, 0.15) is 27.3 Å². The molecule has 0 spiro atoms. The molecule has 1 heterocycles. The molecule has 0 aliphatic carbocycles. The fourth-order valence-electron chi connectivity index (χ4n) is 2.09. The summed E-state index contributed by atoms with van der Waals surface area (Å²) in [6.45, 7) is 5.18. The molecule has 1 aromatic carbocycles. The summed E-state index contributed by atoms with van der Waals surface area (Å²) in [4.78, 5) is 21.6. The summed E-state index contributed by atoms with van der Waals surface area (Å²) in [5, 5.41) is 24.4. The smallest absolute Gasteiger partial charge is 0.336 e. The van der Waals surface area contributed by atoms with Crippen molar-refractivity contribution in [2.24, 2.45) is 0 Å². The van der Waals surface area contributed by atoms with Crippen LogP contribution in [0.5, 0.6) is 0 Å². The van der Waals surface area contributed by atoms with E-state index in [0.717, 1.165) is 17.5 Å². The Morgan fingerprint density at radius 3 is 2.40 bits per heavy atom. The molecule has 0 bridgehead atoms. The molecule has 2 rings (SSSR count). The number of carboxylic acid groups (broad SMARTS) is 1. The first-order valence-corrected chi connectivity index (χ1v) is 5.87. The third kappa shape index (κ3) is 2.25. The van der Waals surface area contributed by atoms with Crippen molar-refractivity contribution in [2.45, 2.75) is 20.8 Å². The van der Waals surface area contributed by atoms with Gasteiger partial charge in [-0.05, 0) is 32.9 Å². The first-order chi connectivity index (χ1) is 9.31. The van der Waals surface area contributed by atoms with Crippen molar-refractivity contribution in [3.63, 3.8) is 0 Å². The Kier molecular flexibility index (Phi) is 3.27. The quantitative estimate of drug-likeness (QED) is 0.685. The second-order valence-electron chi connectivity index (χ2n) is 4.54. The van der Waals surface area contributed by atoms with Crippen molar-refractivity contribution < 1.29 is 14.8 Å². The number of benzene rings is 1. The van der Waals surface area contributed by atoms with E-state index < -0.39 is 10.9 Å². The van der Waals surface area contributed by atoms with E-state index in [9.17, 15) is 14.9 Å². The molecule has 1 aromatic heterocycles. The number of aromatic nitrogens is 2. The fourth-order valence-corrected chi connectivity index (χ4v) is 2.09. The number of hydrogen-bond donors (Lipinski definition) is 1. The topological polar surface area (TPSA) is 98.3 Å². The highest BCUT2D eigenvalue weighted by Crippen LogP contribution is 2.27. The standard InChI is InChI=1S/C13H13N3O4/c1-7-4-8(2)15(14-7)11-5-10(13(17)18)6-12(9(11)3)16(19)20/h4-6H,1-3H3,(H,17,18). The number of aromatic carboxylic acids is 1. The van der Waals surface area contributed by atoms with Gasteiger partial charge in [-0.3, -0.25) is 10.1 Å². The van der Waals surface area contributed by atoms with Crippen LogP contribution in [-0.4, -0.2) is 25.8 Å². The molecule has 0 saturated carbocycles. The zero-order valence-corrected chi connectivity index (χ0v) is 11.2. The Morgan fingerprint density at radius 1 is 1.30 bits per heavy atom. The van der Waals surface area contributed by atoms with Crippen LogP contribution in [0, 0.1) is 30.9 Å². The molecule has 0 radical (unpaired) electrons. The Hall–Kier alpha value is -2.70. The summed E-state index contributed by atoms with van der Waals surface area (Å²) >= 11 is 0. The summed E-state index contributed by atoms with van der Waals surface area (Å²) in [5.41, 5.74) is 1.96. The summed E-state index contributed by atoms with van der Waals surface area (Å²) in [7, 11) is 0. The molecular formula is C13H13N3O4. The van der Waals surface area contributed by atoms with E-state index >= 15 is 0 Å². The summed E-state index contributed by atoms with van der Waals surface area (Å²) in [6, 6.07) is 4.27. The largest absolute Gasteiger partial charge is 0.478 e. The lowest BCUT2D eigenvalue weighted by molar-refractivity contribution is -0.385. The molecule has 0 atom stereocenters. The van der Waals surface area contributed by atoms with E-state index in [1.54, 1.807) is 20.8 Å². The van der Waals surface area contributed by atoms with E-state index in [1.165, 1.54) is 10.7 Å². The molecule has 0 saturated heterocycles. The minimum atomic E-state index is -1.21. The predicted octanol–water partition coefficient (Wildman–Crippen LogP) is 2.40. The average molecular weight is 275 g/mol. The first kappa shape index (κ1) is 13.7. The number of aryl methyl sites for hydroxylation is 2. The Bertz CT molecular complexity index is 719. The van der Waals surface area contributed by atoms with Gasteiger partial charge >= 0.3 is 5.97 Å². The SMILES string of the molecule is Cc1cc(C)n(-c2cc(C(=O)O)cc([N+](=O)[O-])c2C)n1. The zero-order chi connectivity index (χ0) is 15.0. The van der Waals surface area contributed by atoms with Crippen molar-refractivity contribution in [1.82, 2.24) is 9.78 Å². The number of carboxylic acids is 1. The Morgan fingerprint density at radius 2 is 1.95 bits per heavy atom. The lowest BCUT2D eigenvalue weighted by Crippen LogP contribution is -2.07. The van der Waals surface area contributed by atoms with Gasteiger partial charge in [0.1, 0.15) is 0 Å². The molecule has 0 fully saturated rings. The molecule has 7 heteroatoms. The fraction of sp³-hybridized carbons (Fsp3) is 0.231. The highest BCUT2D eigenvalue weighted by molar-refractivity contribution is 5.89. The van der Waals surface area contributed by atoms with E-state index in [1.807, 2.05) is 6.07 Å². The van der Waals surface area contributed by atoms with Crippen LogP contribution >= 0.6 is 0 Å². The van der Waals surface area contributed by atoms with Crippen LogP contribution < -0.4 is 0 Å². The molecule has 20 heavy (non-hydrogen) atoms. The van der Waals surface area contributed by atoms with Gasteiger partial charge in [-0.15, -0.1) is 0 Å². The van der Waals surface area contributed by atoms with E-state index in [-0.39, 0.29) is 11.3 Å².